The van der Waals surface area contributed by atoms with Crippen LogP contribution in [0.3, 0.4) is 0 Å². The highest BCUT2D eigenvalue weighted by Gasteiger charge is 2.50. The fraction of sp³-hybridized carbons (Fsp3) is 0.292. The van der Waals surface area contributed by atoms with Crippen LogP contribution in [-0.2, 0) is 14.4 Å². The van der Waals surface area contributed by atoms with Crippen molar-refractivity contribution in [2.45, 2.75) is 25.8 Å². The molecule has 0 spiro atoms. The van der Waals surface area contributed by atoms with Gasteiger partial charge >= 0.3 is 0 Å². The maximum atomic E-state index is 13.0. The normalized spacial score (nSPS) is 21.5. The lowest BCUT2D eigenvalue weighted by atomic mass is 9.85. The molecule has 7 nitrogen and oxygen atoms in total. The summed E-state index contributed by atoms with van der Waals surface area (Å²) in [7, 11) is 1.52. The Balaban J connectivity index is 1.44. The summed E-state index contributed by atoms with van der Waals surface area (Å²) < 4.78 is 11.4. The van der Waals surface area contributed by atoms with E-state index in [-0.39, 0.29) is 23.7 Å². The Morgan fingerprint density at radius 2 is 1.74 bits per heavy atom. The highest BCUT2D eigenvalue weighted by atomic mass is 16.5. The summed E-state index contributed by atoms with van der Waals surface area (Å²) in [5.41, 5.74) is 1.76. The van der Waals surface area contributed by atoms with Gasteiger partial charge < -0.3 is 14.5 Å². The third-order valence-electron chi connectivity index (χ3n) is 6.27. The predicted molar refractivity (Wildman–Crippen MR) is 116 cm³/mol. The Morgan fingerprint density at radius 1 is 1.06 bits per heavy atom. The molecule has 7 heteroatoms. The van der Waals surface area contributed by atoms with Crippen molar-refractivity contribution >= 4 is 45.3 Å². The number of benzene rings is 2. The molecule has 0 bridgehead atoms. The van der Waals surface area contributed by atoms with E-state index in [1.807, 2.05) is 42.5 Å². The molecule has 1 aromatic heterocycles. The number of imide groups is 1. The smallest absolute Gasteiger partial charge is 0.247 e. The Kier molecular flexibility index (Phi) is 4.54. The largest absolute Gasteiger partial charge is 0.495 e. The van der Waals surface area contributed by atoms with Crippen LogP contribution in [0.2, 0.25) is 0 Å². The minimum absolute atomic E-state index is 0.276. The summed E-state index contributed by atoms with van der Waals surface area (Å²) in [6.07, 6.45) is 4.93. The van der Waals surface area contributed by atoms with Gasteiger partial charge in [-0.1, -0.05) is 30.4 Å². The molecule has 3 amide bonds. The van der Waals surface area contributed by atoms with Crippen LogP contribution in [0.4, 0.5) is 5.69 Å². The number of amides is 3. The van der Waals surface area contributed by atoms with Crippen molar-refractivity contribution in [1.29, 1.82) is 0 Å². The number of allylic oxidation sites excluding steroid dienone is 2. The highest BCUT2D eigenvalue weighted by Crippen LogP contribution is 2.38. The average molecular weight is 418 g/mol. The van der Waals surface area contributed by atoms with Crippen LogP contribution in [0.5, 0.6) is 5.75 Å². The van der Waals surface area contributed by atoms with Gasteiger partial charge in [-0.05, 0) is 31.9 Å². The zero-order valence-electron chi connectivity index (χ0n) is 17.3. The van der Waals surface area contributed by atoms with Crippen LogP contribution in [0, 0.1) is 11.8 Å². The molecule has 2 heterocycles. The van der Waals surface area contributed by atoms with Crippen LogP contribution >= 0.6 is 0 Å². The number of hydrogen-bond acceptors (Lipinski definition) is 5. The minimum atomic E-state index is -0.929. The van der Waals surface area contributed by atoms with E-state index in [2.05, 4.69) is 5.32 Å². The lowest BCUT2D eigenvalue weighted by molar-refractivity contribution is -0.146. The molecule has 2 aliphatic rings. The quantitative estimate of drug-likeness (QED) is 0.513. The molecule has 3 atom stereocenters. The first kappa shape index (κ1) is 19.4. The standard InChI is InChI=1S/C24H22N2O5/c1-13(26-23(28)15-8-3-4-9-16(15)24(26)29)22(27)25-18-12-20-17(11-21(18)30-2)14-7-5-6-10-19(14)31-20/h3-7,10-13,15-16H,8-9H2,1-2H3,(H,25,27)/t13-,15-,16-/m0/s1. The number of anilines is 1. The number of hydrogen-bond donors (Lipinski definition) is 1. The van der Waals surface area contributed by atoms with Crippen LogP contribution in [0.1, 0.15) is 19.8 Å². The fourth-order valence-electron chi connectivity index (χ4n) is 4.58. The molecule has 2 aromatic carbocycles. The second-order valence-electron chi connectivity index (χ2n) is 8.01. The second kappa shape index (κ2) is 7.27. The molecule has 1 saturated heterocycles. The van der Waals surface area contributed by atoms with E-state index in [4.69, 9.17) is 9.15 Å². The van der Waals surface area contributed by atoms with Gasteiger partial charge in [-0.2, -0.15) is 0 Å². The number of nitrogens with one attached hydrogen (secondary N) is 1. The number of methoxy groups -OCH3 is 1. The first-order chi connectivity index (χ1) is 15.0. The fourth-order valence-corrected chi connectivity index (χ4v) is 4.58. The van der Waals surface area contributed by atoms with E-state index in [1.54, 1.807) is 13.0 Å². The van der Waals surface area contributed by atoms with Crippen molar-refractivity contribution in [2.75, 3.05) is 12.4 Å². The van der Waals surface area contributed by atoms with E-state index in [0.29, 0.717) is 29.9 Å². The third kappa shape index (κ3) is 3.00. The van der Waals surface area contributed by atoms with Gasteiger partial charge in [0.2, 0.25) is 17.7 Å². The Bertz CT molecular complexity index is 1230. The van der Waals surface area contributed by atoms with Crippen molar-refractivity contribution in [1.82, 2.24) is 4.90 Å². The Hall–Kier alpha value is -3.61. The van der Waals surface area contributed by atoms with E-state index in [0.717, 1.165) is 21.3 Å². The predicted octanol–water partition coefficient (Wildman–Crippen LogP) is 3.87. The van der Waals surface area contributed by atoms with E-state index in [9.17, 15) is 14.4 Å². The molecular weight excluding hydrogens is 396 g/mol. The number of ether oxygens (including phenoxy) is 1. The molecule has 1 fully saturated rings. The minimum Gasteiger partial charge on any atom is -0.495 e. The van der Waals surface area contributed by atoms with E-state index in [1.165, 1.54) is 7.11 Å². The molecule has 0 unspecified atom stereocenters. The molecule has 0 saturated carbocycles. The molecule has 5 rings (SSSR count). The van der Waals surface area contributed by atoms with Crippen LogP contribution in [0.25, 0.3) is 21.9 Å². The molecule has 1 aliphatic carbocycles. The average Bonchev–Trinajstić information content (AvgIpc) is 3.27. The number of rotatable bonds is 4. The summed E-state index contributed by atoms with van der Waals surface area (Å²) in [6, 6.07) is 10.2. The number of para-hydroxylation sites is 1. The summed E-state index contributed by atoms with van der Waals surface area (Å²) in [5, 5.41) is 4.64. The monoisotopic (exact) mass is 418 g/mol. The number of likely N-dealkylation sites (tertiary alicyclic amines) is 1. The van der Waals surface area contributed by atoms with E-state index >= 15 is 0 Å². The van der Waals surface area contributed by atoms with Gasteiger partial charge in [-0.15, -0.1) is 0 Å². The van der Waals surface area contributed by atoms with Crippen molar-refractivity contribution in [3.63, 3.8) is 0 Å². The van der Waals surface area contributed by atoms with Gasteiger partial charge in [0, 0.05) is 16.8 Å². The maximum absolute atomic E-state index is 13.0. The summed E-state index contributed by atoms with van der Waals surface area (Å²) >= 11 is 0. The number of carbonyl (C=O) groups excluding carboxylic acids is 3. The van der Waals surface area contributed by atoms with Crippen LogP contribution < -0.4 is 10.1 Å². The lowest BCUT2D eigenvalue weighted by Crippen LogP contribution is -2.46. The van der Waals surface area contributed by atoms with Gasteiger partial charge in [0.05, 0.1) is 24.6 Å². The molecule has 3 aromatic rings. The number of nitrogens with zero attached hydrogens (tertiary/aromatic N) is 1. The molecule has 31 heavy (non-hydrogen) atoms. The maximum Gasteiger partial charge on any atom is 0.247 e. The SMILES string of the molecule is COc1cc2c(cc1NC(=O)[C@H](C)N1C(=O)[C@H]3CC=CC[C@@H]3C1=O)oc1ccccc12. The number of carbonyl (C=O) groups is 3. The van der Waals surface area contributed by atoms with Gasteiger partial charge in [-0.25, -0.2) is 0 Å². The summed E-state index contributed by atoms with van der Waals surface area (Å²) in [6.45, 7) is 1.57. The van der Waals surface area contributed by atoms with Crippen LogP contribution in [-0.4, -0.2) is 35.8 Å². The molecule has 1 N–H and O–H groups in total. The van der Waals surface area contributed by atoms with Crippen molar-refractivity contribution in [3.05, 3.63) is 48.6 Å². The van der Waals surface area contributed by atoms with E-state index < -0.39 is 11.9 Å². The van der Waals surface area contributed by atoms with Gasteiger partial charge in [0.15, 0.2) is 0 Å². The van der Waals surface area contributed by atoms with Crippen molar-refractivity contribution in [2.24, 2.45) is 11.8 Å². The van der Waals surface area contributed by atoms with Gasteiger partial charge in [0.25, 0.3) is 0 Å². The Labute approximate surface area is 178 Å². The Morgan fingerprint density at radius 3 is 2.42 bits per heavy atom. The molecule has 158 valence electrons. The molecule has 1 aliphatic heterocycles. The highest BCUT2D eigenvalue weighted by molar-refractivity contribution is 6.11. The summed E-state index contributed by atoms with van der Waals surface area (Å²) in [4.78, 5) is 39.7. The number of fused-ring (bicyclic) bond motifs is 4. The van der Waals surface area contributed by atoms with Gasteiger partial charge in [-0.3, -0.25) is 19.3 Å². The molecule has 0 radical (unpaired) electrons. The topological polar surface area (TPSA) is 88.9 Å². The third-order valence-corrected chi connectivity index (χ3v) is 6.27. The summed E-state index contributed by atoms with van der Waals surface area (Å²) in [5.74, 6) is -1.27. The first-order valence-electron chi connectivity index (χ1n) is 10.3. The zero-order valence-corrected chi connectivity index (χ0v) is 17.3. The second-order valence-corrected chi connectivity index (χ2v) is 8.01. The van der Waals surface area contributed by atoms with Gasteiger partial charge in [0.1, 0.15) is 23.0 Å². The van der Waals surface area contributed by atoms with Crippen molar-refractivity contribution in [3.8, 4) is 5.75 Å². The first-order valence-corrected chi connectivity index (χ1v) is 10.3. The zero-order chi connectivity index (χ0) is 21.7. The van der Waals surface area contributed by atoms with Crippen LogP contribution in [0.15, 0.2) is 53.0 Å². The molecular formula is C24H22N2O5. The lowest BCUT2D eigenvalue weighted by Gasteiger charge is -2.23. The van der Waals surface area contributed by atoms with Crippen molar-refractivity contribution < 1.29 is 23.5 Å². The number of furan rings is 1.